The lowest BCUT2D eigenvalue weighted by Crippen LogP contribution is -2.14. The fourth-order valence-corrected chi connectivity index (χ4v) is 4.11. The average molecular weight is 419 g/mol. The maximum absolute atomic E-state index is 12.3. The second kappa shape index (κ2) is 9.16. The molecule has 3 rings (SSSR count). The fourth-order valence-electron chi connectivity index (χ4n) is 2.53. The number of benzene rings is 1. The lowest BCUT2D eigenvalue weighted by molar-refractivity contribution is -0.113. The van der Waals surface area contributed by atoms with Gasteiger partial charge in [0.05, 0.1) is 5.75 Å². The van der Waals surface area contributed by atoms with Gasteiger partial charge in [-0.15, -0.1) is 20.4 Å². The molecule has 1 aromatic carbocycles. The second-order valence-electron chi connectivity index (χ2n) is 6.19. The number of aromatic nitrogens is 5. The number of aromatic hydroxyl groups is 1. The van der Waals surface area contributed by atoms with E-state index in [1.165, 1.54) is 23.1 Å². The smallest absolute Gasteiger partial charge is 0.236 e. The topological polar surface area (TPSA) is 106 Å². The SMILES string of the molecule is CCC(C)c1nnc(SCC(=O)Nc2nnc(-c3ccc(O)cc3)s2)n1CC. The van der Waals surface area contributed by atoms with Gasteiger partial charge in [0.1, 0.15) is 16.6 Å². The molecular weight excluding hydrogens is 396 g/mol. The van der Waals surface area contributed by atoms with E-state index in [-0.39, 0.29) is 17.4 Å². The van der Waals surface area contributed by atoms with Crippen molar-refractivity contribution in [2.24, 2.45) is 0 Å². The van der Waals surface area contributed by atoms with Gasteiger partial charge in [-0.1, -0.05) is 36.9 Å². The van der Waals surface area contributed by atoms with Crippen molar-refractivity contribution in [2.45, 2.75) is 44.8 Å². The van der Waals surface area contributed by atoms with E-state index in [1.54, 1.807) is 24.3 Å². The third-order valence-electron chi connectivity index (χ3n) is 4.23. The Morgan fingerprint density at radius 1 is 1.21 bits per heavy atom. The Morgan fingerprint density at radius 3 is 2.64 bits per heavy atom. The van der Waals surface area contributed by atoms with Crippen molar-refractivity contribution in [3.8, 4) is 16.3 Å². The molecule has 8 nitrogen and oxygen atoms in total. The first-order chi connectivity index (χ1) is 13.5. The number of phenolic OH excluding ortho intramolecular Hbond substituents is 1. The van der Waals surface area contributed by atoms with Crippen molar-refractivity contribution >= 4 is 34.1 Å². The number of rotatable bonds is 8. The van der Waals surface area contributed by atoms with Crippen LogP contribution in [0.1, 0.15) is 38.9 Å². The number of hydrogen-bond acceptors (Lipinski definition) is 8. The van der Waals surface area contributed by atoms with Crippen LogP contribution in [0, 0.1) is 0 Å². The summed E-state index contributed by atoms with van der Waals surface area (Å²) in [5, 5.41) is 30.6. The van der Waals surface area contributed by atoms with Crippen LogP contribution in [0.4, 0.5) is 5.13 Å². The van der Waals surface area contributed by atoms with E-state index in [0.717, 1.165) is 29.5 Å². The van der Waals surface area contributed by atoms with Crippen LogP contribution in [0.5, 0.6) is 5.75 Å². The highest BCUT2D eigenvalue weighted by molar-refractivity contribution is 7.99. The van der Waals surface area contributed by atoms with Crippen LogP contribution in [-0.4, -0.2) is 41.7 Å². The van der Waals surface area contributed by atoms with Gasteiger partial charge in [0.25, 0.3) is 0 Å². The molecule has 148 valence electrons. The number of nitrogens with one attached hydrogen (secondary N) is 1. The number of thioether (sulfide) groups is 1. The van der Waals surface area contributed by atoms with Crippen LogP contribution in [-0.2, 0) is 11.3 Å². The Balaban J connectivity index is 1.59. The van der Waals surface area contributed by atoms with Crippen molar-refractivity contribution < 1.29 is 9.90 Å². The molecular formula is C18H22N6O2S2. The third kappa shape index (κ3) is 4.68. The molecule has 1 atom stereocenters. The van der Waals surface area contributed by atoms with E-state index in [2.05, 4.69) is 44.1 Å². The summed E-state index contributed by atoms with van der Waals surface area (Å²) in [6.45, 7) is 7.06. The van der Waals surface area contributed by atoms with E-state index in [1.807, 2.05) is 6.92 Å². The van der Waals surface area contributed by atoms with Crippen molar-refractivity contribution in [3.63, 3.8) is 0 Å². The largest absolute Gasteiger partial charge is 0.508 e. The van der Waals surface area contributed by atoms with Crippen molar-refractivity contribution in [1.29, 1.82) is 0 Å². The minimum absolute atomic E-state index is 0.172. The molecule has 28 heavy (non-hydrogen) atoms. The number of anilines is 1. The van der Waals surface area contributed by atoms with Gasteiger partial charge in [0.2, 0.25) is 11.0 Å². The molecule has 0 saturated heterocycles. The van der Waals surface area contributed by atoms with Gasteiger partial charge < -0.3 is 9.67 Å². The number of hydrogen-bond donors (Lipinski definition) is 2. The first-order valence-electron chi connectivity index (χ1n) is 9.00. The van der Waals surface area contributed by atoms with Gasteiger partial charge >= 0.3 is 0 Å². The van der Waals surface area contributed by atoms with Crippen molar-refractivity contribution in [2.75, 3.05) is 11.1 Å². The average Bonchev–Trinajstić information content (AvgIpc) is 3.33. The predicted molar refractivity (Wildman–Crippen MR) is 111 cm³/mol. The molecule has 0 bridgehead atoms. The van der Waals surface area contributed by atoms with Crippen LogP contribution in [0.25, 0.3) is 10.6 Å². The monoisotopic (exact) mass is 418 g/mol. The van der Waals surface area contributed by atoms with Crippen LogP contribution in [0.3, 0.4) is 0 Å². The Bertz CT molecular complexity index is 938. The first-order valence-corrected chi connectivity index (χ1v) is 10.8. The normalized spacial score (nSPS) is 12.1. The second-order valence-corrected chi connectivity index (χ2v) is 8.11. The third-order valence-corrected chi connectivity index (χ3v) is 6.09. The van der Waals surface area contributed by atoms with Crippen LogP contribution in [0.2, 0.25) is 0 Å². The van der Waals surface area contributed by atoms with Gasteiger partial charge in [0, 0.05) is 18.0 Å². The predicted octanol–water partition coefficient (Wildman–Crippen LogP) is 3.77. The zero-order chi connectivity index (χ0) is 20.1. The molecule has 1 amide bonds. The van der Waals surface area contributed by atoms with Gasteiger partial charge in [-0.05, 0) is 37.6 Å². The summed E-state index contributed by atoms with van der Waals surface area (Å²) in [7, 11) is 0. The Morgan fingerprint density at radius 2 is 1.96 bits per heavy atom. The number of amides is 1. The molecule has 0 aliphatic rings. The summed E-state index contributed by atoms with van der Waals surface area (Å²) in [4.78, 5) is 12.3. The summed E-state index contributed by atoms with van der Waals surface area (Å²) in [6, 6.07) is 6.68. The molecule has 10 heteroatoms. The van der Waals surface area contributed by atoms with Crippen molar-refractivity contribution in [3.05, 3.63) is 30.1 Å². The van der Waals surface area contributed by atoms with Gasteiger partial charge in [0.15, 0.2) is 5.16 Å². The van der Waals surface area contributed by atoms with Gasteiger partial charge in [-0.25, -0.2) is 0 Å². The highest BCUT2D eigenvalue weighted by atomic mass is 32.2. The molecule has 1 unspecified atom stereocenters. The summed E-state index contributed by atoms with van der Waals surface area (Å²) < 4.78 is 2.06. The standard InChI is InChI=1S/C18H22N6O2S2/c1-4-11(3)15-20-23-18(24(15)5-2)27-10-14(26)19-17-22-21-16(28-17)12-6-8-13(25)9-7-12/h6-9,11,25H,4-5,10H2,1-3H3,(H,19,22,26). The quantitative estimate of drug-likeness (QED) is 0.536. The summed E-state index contributed by atoms with van der Waals surface area (Å²) in [5.41, 5.74) is 0.832. The maximum atomic E-state index is 12.3. The van der Waals surface area contributed by atoms with Crippen molar-refractivity contribution in [1.82, 2.24) is 25.0 Å². The minimum Gasteiger partial charge on any atom is -0.508 e. The molecule has 0 aliphatic heterocycles. The molecule has 0 spiro atoms. The number of carbonyl (C=O) groups is 1. The van der Waals surface area contributed by atoms with Gasteiger partial charge in [-0.2, -0.15) is 0 Å². The zero-order valence-electron chi connectivity index (χ0n) is 15.9. The van der Waals surface area contributed by atoms with E-state index in [0.29, 0.717) is 16.1 Å². The summed E-state index contributed by atoms with van der Waals surface area (Å²) in [6.07, 6.45) is 0.990. The Kier molecular flexibility index (Phi) is 6.63. The number of phenols is 1. The highest BCUT2D eigenvalue weighted by Crippen LogP contribution is 2.28. The molecule has 3 aromatic rings. The van der Waals surface area contributed by atoms with Gasteiger partial charge in [-0.3, -0.25) is 10.1 Å². The zero-order valence-corrected chi connectivity index (χ0v) is 17.5. The molecule has 0 radical (unpaired) electrons. The summed E-state index contributed by atoms with van der Waals surface area (Å²) in [5.74, 6) is 1.52. The van der Waals surface area contributed by atoms with E-state index in [9.17, 15) is 9.90 Å². The molecule has 2 N–H and O–H groups in total. The van der Waals surface area contributed by atoms with Crippen LogP contribution >= 0.6 is 23.1 Å². The number of carbonyl (C=O) groups excluding carboxylic acids is 1. The highest BCUT2D eigenvalue weighted by Gasteiger charge is 2.17. The lowest BCUT2D eigenvalue weighted by Gasteiger charge is -2.11. The molecule has 0 saturated carbocycles. The van der Waals surface area contributed by atoms with Crippen LogP contribution in [0.15, 0.2) is 29.4 Å². The van der Waals surface area contributed by atoms with E-state index < -0.39 is 0 Å². The van der Waals surface area contributed by atoms with E-state index >= 15 is 0 Å². The number of nitrogens with zero attached hydrogens (tertiary/aromatic N) is 5. The molecule has 0 fully saturated rings. The summed E-state index contributed by atoms with van der Waals surface area (Å²) >= 11 is 2.64. The molecule has 2 heterocycles. The fraction of sp³-hybridized carbons (Fsp3) is 0.389. The molecule has 2 aromatic heterocycles. The molecule has 0 aliphatic carbocycles. The first kappa shape index (κ1) is 20.3. The van der Waals surface area contributed by atoms with E-state index in [4.69, 9.17) is 0 Å². The maximum Gasteiger partial charge on any atom is 0.236 e. The Hall–Kier alpha value is -2.46. The Labute approximate surface area is 171 Å². The minimum atomic E-state index is -0.172. The lowest BCUT2D eigenvalue weighted by atomic mass is 10.1. The van der Waals surface area contributed by atoms with Crippen LogP contribution < -0.4 is 5.32 Å².